The molecule has 148 valence electrons. The Hall–Kier alpha value is -2.83. The first-order valence-corrected chi connectivity index (χ1v) is 10.4. The number of carboxylic acids is 1. The standard InChI is InChI=1S/C23H23N3O2S/c1-15-2-4-17(5-3-15)29-18-6-7-19-16(12-18)8-11-25-22(19)14-26-21-13-24-10-9-20(21)23(27)28/h2-7,9-10,12-13,22,25-26H,8,11,14H2,1H3,(H,27,28)/t22-/m0/s1. The first-order valence-electron chi connectivity index (χ1n) is 9.62. The summed E-state index contributed by atoms with van der Waals surface area (Å²) in [5, 5.41) is 16.1. The second kappa shape index (κ2) is 8.68. The minimum Gasteiger partial charge on any atom is -0.478 e. The third-order valence-electron chi connectivity index (χ3n) is 5.08. The molecule has 0 fully saturated rings. The lowest BCUT2D eigenvalue weighted by Gasteiger charge is -2.28. The maximum atomic E-state index is 11.4. The third-order valence-corrected chi connectivity index (χ3v) is 6.08. The second-order valence-electron chi connectivity index (χ2n) is 7.14. The van der Waals surface area contributed by atoms with Gasteiger partial charge in [-0.2, -0.15) is 0 Å². The SMILES string of the molecule is Cc1ccc(Sc2ccc3c(c2)CCN[C@H]3CNc2cnccc2C(=O)O)cc1. The average Bonchev–Trinajstić information content (AvgIpc) is 2.74. The first kappa shape index (κ1) is 19.5. The summed E-state index contributed by atoms with van der Waals surface area (Å²) in [5.41, 5.74) is 4.65. The number of aryl methyl sites for hydroxylation is 1. The smallest absolute Gasteiger partial charge is 0.337 e. The van der Waals surface area contributed by atoms with Crippen LogP contribution >= 0.6 is 11.8 Å². The van der Waals surface area contributed by atoms with E-state index in [2.05, 4.69) is 65.0 Å². The predicted octanol–water partition coefficient (Wildman–Crippen LogP) is 4.54. The highest BCUT2D eigenvalue weighted by Gasteiger charge is 2.21. The number of hydrogen-bond donors (Lipinski definition) is 3. The van der Waals surface area contributed by atoms with Crippen LogP contribution in [0, 0.1) is 6.92 Å². The van der Waals surface area contributed by atoms with E-state index < -0.39 is 5.97 Å². The number of carbonyl (C=O) groups is 1. The van der Waals surface area contributed by atoms with Gasteiger partial charge >= 0.3 is 5.97 Å². The van der Waals surface area contributed by atoms with Crippen molar-refractivity contribution in [3.05, 3.63) is 83.2 Å². The van der Waals surface area contributed by atoms with Crippen LogP contribution in [-0.2, 0) is 6.42 Å². The number of rotatable bonds is 6. The highest BCUT2D eigenvalue weighted by molar-refractivity contribution is 7.99. The summed E-state index contributed by atoms with van der Waals surface area (Å²) in [6.07, 6.45) is 4.05. The van der Waals surface area contributed by atoms with E-state index >= 15 is 0 Å². The molecule has 0 aliphatic carbocycles. The van der Waals surface area contributed by atoms with Crippen LogP contribution in [-0.4, -0.2) is 29.1 Å². The van der Waals surface area contributed by atoms with Crippen LogP contribution in [0.25, 0.3) is 0 Å². The Balaban J connectivity index is 1.48. The molecule has 1 aliphatic rings. The molecule has 0 saturated carbocycles. The average molecular weight is 406 g/mol. The van der Waals surface area contributed by atoms with Crippen LogP contribution in [0.3, 0.4) is 0 Å². The van der Waals surface area contributed by atoms with Crippen molar-refractivity contribution in [2.24, 2.45) is 0 Å². The van der Waals surface area contributed by atoms with Gasteiger partial charge in [-0.3, -0.25) is 4.98 Å². The lowest BCUT2D eigenvalue weighted by molar-refractivity contribution is 0.0697. The number of aromatic carboxylic acids is 1. The zero-order valence-corrected chi connectivity index (χ0v) is 17.0. The van der Waals surface area contributed by atoms with Gasteiger partial charge in [0.05, 0.1) is 17.4 Å². The number of nitrogens with zero attached hydrogens (tertiary/aromatic N) is 1. The monoisotopic (exact) mass is 405 g/mol. The number of carboxylic acid groups (broad SMARTS) is 1. The van der Waals surface area contributed by atoms with Crippen molar-refractivity contribution in [2.75, 3.05) is 18.4 Å². The van der Waals surface area contributed by atoms with E-state index in [1.807, 2.05) is 0 Å². The van der Waals surface area contributed by atoms with Crippen molar-refractivity contribution in [2.45, 2.75) is 29.2 Å². The zero-order valence-electron chi connectivity index (χ0n) is 16.2. The van der Waals surface area contributed by atoms with E-state index in [-0.39, 0.29) is 11.6 Å². The fourth-order valence-corrected chi connectivity index (χ4v) is 4.43. The van der Waals surface area contributed by atoms with Gasteiger partial charge in [0.25, 0.3) is 0 Å². The summed E-state index contributed by atoms with van der Waals surface area (Å²) >= 11 is 1.78. The van der Waals surface area contributed by atoms with Crippen molar-refractivity contribution >= 4 is 23.4 Å². The summed E-state index contributed by atoms with van der Waals surface area (Å²) in [7, 11) is 0. The van der Waals surface area contributed by atoms with Gasteiger partial charge in [-0.25, -0.2) is 4.79 Å². The van der Waals surface area contributed by atoms with E-state index in [1.54, 1.807) is 18.0 Å². The Bertz CT molecular complexity index is 1020. The van der Waals surface area contributed by atoms with E-state index in [0.29, 0.717) is 12.2 Å². The Morgan fingerprint density at radius 3 is 2.79 bits per heavy atom. The maximum absolute atomic E-state index is 11.4. The molecule has 29 heavy (non-hydrogen) atoms. The molecular weight excluding hydrogens is 382 g/mol. The quantitative estimate of drug-likeness (QED) is 0.559. The van der Waals surface area contributed by atoms with Crippen molar-refractivity contribution < 1.29 is 9.90 Å². The molecule has 6 heteroatoms. The van der Waals surface area contributed by atoms with Gasteiger partial charge in [-0.1, -0.05) is 35.5 Å². The number of hydrogen-bond acceptors (Lipinski definition) is 5. The molecule has 0 spiro atoms. The molecule has 4 rings (SSSR count). The molecule has 1 atom stereocenters. The normalized spacial score (nSPS) is 15.6. The Kier molecular flexibility index (Phi) is 5.83. The highest BCUT2D eigenvalue weighted by atomic mass is 32.2. The highest BCUT2D eigenvalue weighted by Crippen LogP contribution is 2.32. The number of pyridine rings is 1. The molecule has 0 saturated heterocycles. The van der Waals surface area contributed by atoms with Gasteiger partial charge < -0.3 is 15.7 Å². The van der Waals surface area contributed by atoms with Crippen LogP contribution in [0.1, 0.15) is 33.1 Å². The number of benzene rings is 2. The van der Waals surface area contributed by atoms with E-state index in [4.69, 9.17) is 0 Å². The van der Waals surface area contributed by atoms with E-state index in [1.165, 1.54) is 38.7 Å². The zero-order chi connectivity index (χ0) is 20.2. The molecule has 1 aromatic heterocycles. The van der Waals surface area contributed by atoms with E-state index in [0.717, 1.165) is 13.0 Å². The van der Waals surface area contributed by atoms with Crippen LogP contribution in [0.15, 0.2) is 70.7 Å². The maximum Gasteiger partial charge on any atom is 0.337 e. The van der Waals surface area contributed by atoms with Crippen molar-refractivity contribution in [1.29, 1.82) is 0 Å². The van der Waals surface area contributed by atoms with E-state index in [9.17, 15) is 9.90 Å². The van der Waals surface area contributed by atoms with Gasteiger partial charge in [0.15, 0.2) is 0 Å². The third kappa shape index (κ3) is 4.60. The Labute approximate surface area is 174 Å². The van der Waals surface area contributed by atoms with Gasteiger partial charge in [-0.15, -0.1) is 0 Å². The Morgan fingerprint density at radius 1 is 1.21 bits per heavy atom. The molecule has 1 aliphatic heterocycles. The number of anilines is 1. The number of fused-ring (bicyclic) bond motifs is 1. The fourth-order valence-electron chi connectivity index (χ4n) is 3.55. The van der Waals surface area contributed by atoms with Gasteiger partial charge in [0, 0.05) is 28.6 Å². The minimum absolute atomic E-state index is 0.124. The molecule has 2 aromatic carbocycles. The van der Waals surface area contributed by atoms with Crippen molar-refractivity contribution in [3.63, 3.8) is 0 Å². The van der Waals surface area contributed by atoms with Crippen LogP contribution in [0.2, 0.25) is 0 Å². The second-order valence-corrected chi connectivity index (χ2v) is 8.29. The Morgan fingerprint density at radius 2 is 2.00 bits per heavy atom. The van der Waals surface area contributed by atoms with Crippen LogP contribution in [0.5, 0.6) is 0 Å². The summed E-state index contributed by atoms with van der Waals surface area (Å²) in [6, 6.07) is 16.8. The molecule has 5 nitrogen and oxygen atoms in total. The van der Waals surface area contributed by atoms with Crippen molar-refractivity contribution in [3.8, 4) is 0 Å². The van der Waals surface area contributed by atoms with Gasteiger partial charge in [-0.05, 0) is 61.3 Å². The predicted molar refractivity (Wildman–Crippen MR) is 116 cm³/mol. The number of aromatic nitrogens is 1. The minimum atomic E-state index is -0.954. The first-order chi connectivity index (χ1) is 14.1. The van der Waals surface area contributed by atoms with Gasteiger partial charge in [0.1, 0.15) is 0 Å². The summed E-state index contributed by atoms with van der Waals surface area (Å²) in [4.78, 5) is 17.9. The fraction of sp³-hybridized carbons (Fsp3) is 0.217. The molecular formula is C23H23N3O2S. The molecule has 0 amide bonds. The molecule has 0 unspecified atom stereocenters. The lowest BCUT2D eigenvalue weighted by atomic mass is 9.94. The largest absolute Gasteiger partial charge is 0.478 e. The lowest BCUT2D eigenvalue weighted by Crippen LogP contribution is -2.34. The molecule has 3 aromatic rings. The molecule has 0 bridgehead atoms. The summed E-state index contributed by atoms with van der Waals surface area (Å²) in [6.45, 7) is 3.60. The van der Waals surface area contributed by atoms with Crippen LogP contribution in [0.4, 0.5) is 5.69 Å². The summed E-state index contributed by atoms with van der Waals surface area (Å²) in [5.74, 6) is -0.954. The molecule has 0 radical (unpaired) electrons. The topological polar surface area (TPSA) is 74.2 Å². The summed E-state index contributed by atoms with van der Waals surface area (Å²) < 4.78 is 0. The number of nitrogens with one attached hydrogen (secondary N) is 2. The van der Waals surface area contributed by atoms with Crippen molar-refractivity contribution in [1.82, 2.24) is 10.3 Å². The van der Waals surface area contributed by atoms with Crippen LogP contribution < -0.4 is 10.6 Å². The van der Waals surface area contributed by atoms with Gasteiger partial charge in [0.2, 0.25) is 0 Å². The molecule has 3 N–H and O–H groups in total. The molecule has 2 heterocycles.